The number of hydrogen-bond donors (Lipinski definition) is 2. The summed E-state index contributed by atoms with van der Waals surface area (Å²) in [6, 6.07) is 15.1. The molecular formula is C24H23NO6. The van der Waals surface area contributed by atoms with Crippen LogP contribution in [0.25, 0.3) is 11.5 Å². The Balaban J connectivity index is 1.40. The molecule has 0 bridgehead atoms. The lowest BCUT2D eigenvalue weighted by Crippen LogP contribution is -2.28. The van der Waals surface area contributed by atoms with E-state index in [2.05, 4.69) is 4.98 Å². The van der Waals surface area contributed by atoms with Crippen LogP contribution in [0.2, 0.25) is 0 Å². The highest BCUT2D eigenvalue weighted by atomic mass is 16.5. The zero-order valence-corrected chi connectivity index (χ0v) is 17.1. The Morgan fingerprint density at radius 1 is 1.16 bits per heavy atom. The van der Waals surface area contributed by atoms with Crippen LogP contribution in [0.15, 0.2) is 52.9 Å². The van der Waals surface area contributed by atoms with Gasteiger partial charge in [0.2, 0.25) is 5.89 Å². The highest BCUT2D eigenvalue weighted by Crippen LogP contribution is 2.40. The van der Waals surface area contributed by atoms with Gasteiger partial charge in [-0.15, -0.1) is 0 Å². The van der Waals surface area contributed by atoms with Gasteiger partial charge in [-0.1, -0.05) is 24.3 Å². The van der Waals surface area contributed by atoms with Crippen LogP contribution in [0.5, 0.6) is 5.75 Å². The fourth-order valence-electron chi connectivity index (χ4n) is 4.14. The molecule has 1 atom stereocenters. The van der Waals surface area contributed by atoms with Crippen LogP contribution in [0.3, 0.4) is 0 Å². The van der Waals surface area contributed by atoms with E-state index in [0.717, 1.165) is 28.1 Å². The first kappa shape index (κ1) is 20.7. The summed E-state index contributed by atoms with van der Waals surface area (Å²) in [4.78, 5) is 27.3. The van der Waals surface area contributed by atoms with Crippen LogP contribution in [0.1, 0.15) is 34.9 Å². The van der Waals surface area contributed by atoms with Crippen molar-refractivity contribution in [1.29, 1.82) is 0 Å². The molecule has 4 rings (SSSR count). The van der Waals surface area contributed by atoms with Gasteiger partial charge in [0, 0.05) is 17.9 Å². The van der Waals surface area contributed by atoms with E-state index in [9.17, 15) is 19.8 Å². The molecule has 0 spiro atoms. The second-order valence-corrected chi connectivity index (χ2v) is 7.65. The van der Waals surface area contributed by atoms with Gasteiger partial charge >= 0.3 is 11.9 Å². The molecule has 1 heterocycles. The van der Waals surface area contributed by atoms with E-state index in [4.69, 9.17) is 9.15 Å². The highest BCUT2D eigenvalue weighted by Gasteiger charge is 2.39. The standard InChI is InChI=1S/C24H23NO6/c1-14-20(25-22(31-14)15-5-3-2-4-6-15)11-12-30-17-8-10-18-16(13-17)7-9-19(18)21(23(26)27)24(28)29/h2-6,8,10,13,19,21H,7,9,11-12H2,1H3,(H,26,27)(H,28,29). The number of hydrogen-bond acceptors (Lipinski definition) is 5. The third-order valence-corrected chi connectivity index (χ3v) is 5.69. The molecular weight excluding hydrogens is 398 g/mol. The van der Waals surface area contributed by atoms with E-state index >= 15 is 0 Å². The number of carboxylic acid groups (broad SMARTS) is 2. The first-order valence-corrected chi connectivity index (χ1v) is 10.2. The summed E-state index contributed by atoms with van der Waals surface area (Å²) >= 11 is 0. The van der Waals surface area contributed by atoms with Crippen molar-refractivity contribution in [2.75, 3.05) is 6.61 Å². The molecule has 31 heavy (non-hydrogen) atoms. The van der Waals surface area contributed by atoms with Crippen LogP contribution in [-0.4, -0.2) is 33.7 Å². The average molecular weight is 421 g/mol. The number of aromatic nitrogens is 1. The predicted octanol–water partition coefficient (Wildman–Crippen LogP) is 4.09. The Kier molecular flexibility index (Phi) is 5.75. The number of nitrogens with zero attached hydrogens (tertiary/aromatic N) is 1. The Bertz CT molecular complexity index is 1090. The lowest BCUT2D eigenvalue weighted by molar-refractivity contribution is -0.155. The third-order valence-electron chi connectivity index (χ3n) is 5.69. The number of rotatable bonds is 8. The van der Waals surface area contributed by atoms with Gasteiger partial charge in [0.05, 0.1) is 12.3 Å². The molecule has 0 radical (unpaired) electrons. The molecule has 0 saturated carbocycles. The van der Waals surface area contributed by atoms with Crippen LogP contribution < -0.4 is 4.74 Å². The topological polar surface area (TPSA) is 110 Å². The lowest BCUT2D eigenvalue weighted by Gasteiger charge is -2.17. The monoisotopic (exact) mass is 421 g/mol. The maximum Gasteiger partial charge on any atom is 0.318 e. The van der Waals surface area contributed by atoms with E-state index in [1.807, 2.05) is 43.3 Å². The minimum atomic E-state index is -1.43. The van der Waals surface area contributed by atoms with E-state index < -0.39 is 23.8 Å². The summed E-state index contributed by atoms with van der Waals surface area (Å²) < 4.78 is 11.7. The first-order chi connectivity index (χ1) is 14.9. The summed E-state index contributed by atoms with van der Waals surface area (Å²) in [7, 11) is 0. The third kappa shape index (κ3) is 4.30. The van der Waals surface area contributed by atoms with Gasteiger partial charge < -0.3 is 19.4 Å². The number of oxazole rings is 1. The summed E-state index contributed by atoms with van der Waals surface area (Å²) in [6.07, 6.45) is 1.72. The summed E-state index contributed by atoms with van der Waals surface area (Å²) in [5, 5.41) is 18.6. The molecule has 0 aliphatic heterocycles. The number of carboxylic acids is 2. The summed E-state index contributed by atoms with van der Waals surface area (Å²) in [6.45, 7) is 2.29. The van der Waals surface area contributed by atoms with Crippen LogP contribution in [0, 0.1) is 12.8 Å². The fourth-order valence-corrected chi connectivity index (χ4v) is 4.14. The van der Waals surface area contributed by atoms with Gasteiger partial charge in [0.25, 0.3) is 0 Å². The maximum atomic E-state index is 11.4. The zero-order chi connectivity index (χ0) is 22.0. The van der Waals surface area contributed by atoms with Crippen molar-refractivity contribution in [1.82, 2.24) is 4.98 Å². The summed E-state index contributed by atoms with van der Waals surface area (Å²) in [5.74, 6) is -2.54. The maximum absolute atomic E-state index is 11.4. The van der Waals surface area contributed by atoms with Gasteiger partial charge in [-0.05, 0) is 55.2 Å². The van der Waals surface area contributed by atoms with Crippen molar-refractivity contribution in [2.45, 2.75) is 32.1 Å². The first-order valence-electron chi connectivity index (χ1n) is 10.2. The van der Waals surface area contributed by atoms with E-state index in [1.54, 1.807) is 12.1 Å². The van der Waals surface area contributed by atoms with E-state index in [-0.39, 0.29) is 0 Å². The van der Waals surface area contributed by atoms with Crippen molar-refractivity contribution >= 4 is 11.9 Å². The second-order valence-electron chi connectivity index (χ2n) is 7.65. The van der Waals surface area contributed by atoms with Crippen molar-refractivity contribution < 1.29 is 29.0 Å². The fraction of sp³-hybridized carbons (Fsp3) is 0.292. The molecule has 1 aliphatic rings. The largest absolute Gasteiger partial charge is 0.493 e. The highest BCUT2D eigenvalue weighted by molar-refractivity contribution is 5.94. The SMILES string of the molecule is Cc1oc(-c2ccccc2)nc1CCOc1ccc2c(c1)CCC2C(C(=O)O)C(=O)O. The average Bonchev–Trinajstić information content (AvgIpc) is 3.32. The van der Waals surface area contributed by atoms with Gasteiger partial charge in [0.15, 0.2) is 5.92 Å². The van der Waals surface area contributed by atoms with Gasteiger partial charge in [0.1, 0.15) is 11.5 Å². The molecule has 0 amide bonds. The molecule has 0 fully saturated rings. The van der Waals surface area contributed by atoms with Crippen molar-refractivity contribution in [3.8, 4) is 17.2 Å². The van der Waals surface area contributed by atoms with Crippen molar-refractivity contribution in [3.05, 3.63) is 71.1 Å². The number of ether oxygens (including phenoxy) is 1. The molecule has 1 aromatic heterocycles. The quantitative estimate of drug-likeness (QED) is 0.527. The molecule has 1 aliphatic carbocycles. The lowest BCUT2D eigenvalue weighted by atomic mass is 9.87. The number of fused-ring (bicyclic) bond motifs is 1. The van der Waals surface area contributed by atoms with Crippen molar-refractivity contribution in [2.24, 2.45) is 5.92 Å². The molecule has 7 heteroatoms. The summed E-state index contributed by atoms with van der Waals surface area (Å²) in [5.41, 5.74) is 3.48. The van der Waals surface area contributed by atoms with E-state index in [0.29, 0.717) is 37.5 Å². The van der Waals surface area contributed by atoms with E-state index in [1.165, 1.54) is 0 Å². The Labute approximate surface area is 179 Å². The van der Waals surface area contributed by atoms with Crippen LogP contribution in [0.4, 0.5) is 0 Å². The second kappa shape index (κ2) is 8.63. The molecule has 1 unspecified atom stereocenters. The number of aliphatic carboxylic acids is 2. The van der Waals surface area contributed by atoms with Crippen LogP contribution >= 0.6 is 0 Å². The minimum absolute atomic E-state index is 0.413. The minimum Gasteiger partial charge on any atom is -0.493 e. The Morgan fingerprint density at radius 2 is 1.90 bits per heavy atom. The Hall–Kier alpha value is -3.61. The molecule has 2 aromatic carbocycles. The van der Waals surface area contributed by atoms with Crippen molar-refractivity contribution in [3.63, 3.8) is 0 Å². The number of aryl methyl sites for hydroxylation is 2. The normalized spacial score (nSPS) is 15.1. The van der Waals surface area contributed by atoms with Crippen LogP contribution in [-0.2, 0) is 22.4 Å². The predicted molar refractivity (Wildman–Crippen MR) is 112 cm³/mol. The molecule has 3 aromatic rings. The van der Waals surface area contributed by atoms with Gasteiger partial charge in [-0.25, -0.2) is 4.98 Å². The molecule has 0 saturated heterocycles. The Morgan fingerprint density at radius 3 is 2.61 bits per heavy atom. The number of benzene rings is 2. The molecule has 2 N–H and O–H groups in total. The van der Waals surface area contributed by atoms with Gasteiger partial charge in [-0.2, -0.15) is 0 Å². The van der Waals surface area contributed by atoms with Gasteiger partial charge in [-0.3, -0.25) is 9.59 Å². The smallest absolute Gasteiger partial charge is 0.318 e. The zero-order valence-electron chi connectivity index (χ0n) is 17.1. The number of carbonyl (C=O) groups is 2. The molecule has 7 nitrogen and oxygen atoms in total. The molecule has 160 valence electrons.